The van der Waals surface area contributed by atoms with E-state index in [0.29, 0.717) is 6.42 Å². The van der Waals surface area contributed by atoms with Gasteiger partial charge >= 0.3 is 0 Å². The van der Waals surface area contributed by atoms with Gasteiger partial charge in [0.2, 0.25) is 5.91 Å². The van der Waals surface area contributed by atoms with Crippen molar-refractivity contribution in [1.82, 2.24) is 0 Å². The molecule has 0 saturated carbocycles. The number of anilines is 1. The van der Waals surface area contributed by atoms with Gasteiger partial charge in [-0.05, 0) is 17.2 Å². The quantitative estimate of drug-likeness (QED) is 0.625. The first-order valence-corrected chi connectivity index (χ1v) is 4.50. The van der Waals surface area contributed by atoms with Gasteiger partial charge < -0.3 is 16.2 Å². The van der Waals surface area contributed by atoms with Gasteiger partial charge in [0.25, 0.3) is 0 Å². The summed E-state index contributed by atoms with van der Waals surface area (Å²) in [7, 11) is 0. The maximum absolute atomic E-state index is 11.1. The topological polar surface area (TPSA) is 75.3 Å². The van der Waals surface area contributed by atoms with E-state index in [1.807, 2.05) is 18.2 Å². The summed E-state index contributed by atoms with van der Waals surface area (Å²) in [5.41, 5.74) is 8.31. The molecule has 1 heterocycles. The smallest absolute Gasteiger partial charge is 0.228 e. The Labute approximate surface area is 81.7 Å². The van der Waals surface area contributed by atoms with Gasteiger partial charge in [-0.1, -0.05) is 12.1 Å². The van der Waals surface area contributed by atoms with Crippen molar-refractivity contribution in [3.05, 3.63) is 29.3 Å². The summed E-state index contributed by atoms with van der Waals surface area (Å²) >= 11 is 0. The van der Waals surface area contributed by atoms with Crippen LogP contribution in [0.15, 0.2) is 18.2 Å². The van der Waals surface area contributed by atoms with E-state index in [0.717, 1.165) is 16.8 Å². The molecule has 14 heavy (non-hydrogen) atoms. The fourth-order valence-electron chi connectivity index (χ4n) is 1.57. The maximum atomic E-state index is 11.1. The van der Waals surface area contributed by atoms with Crippen molar-refractivity contribution in [2.75, 3.05) is 11.9 Å². The Morgan fingerprint density at radius 1 is 1.57 bits per heavy atom. The first-order chi connectivity index (χ1) is 6.70. The van der Waals surface area contributed by atoms with Crippen LogP contribution in [0, 0.1) is 0 Å². The van der Waals surface area contributed by atoms with Gasteiger partial charge in [-0.3, -0.25) is 4.79 Å². The molecule has 0 bridgehead atoms. The van der Waals surface area contributed by atoms with Gasteiger partial charge in [0.15, 0.2) is 0 Å². The van der Waals surface area contributed by atoms with Crippen LogP contribution in [0.1, 0.15) is 17.2 Å². The SMILES string of the molecule is N[C@@H](CO)c1ccc2c(c1)NC(=O)C2. The number of nitrogens with one attached hydrogen (secondary N) is 1. The Kier molecular flexibility index (Phi) is 2.23. The van der Waals surface area contributed by atoms with Crippen molar-refractivity contribution in [2.45, 2.75) is 12.5 Å². The minimum Gasteiger partial charge on any atom is -0.394 e. The van der Waals surface area contributed by atoms with Crippen LogP contribution in [0.5, 0.6) is 0 Å². The Hall–Kier alpha value is -1.39. The maximum Gasteiger partial charge on any atom is 0.228 e. The minimum atomic E-state index is -0.377. The Morgan fingerprint density at radius 2 is 2.36 bits per heavy atom. The third kappa shape index (κ3) is 1.49. The Bertz CT molecular complexity index is 376. The highest BCUT2D eigenvalue weighted by atomic mass is 16.3. The van der Waals surface area contributed by atoms with Crippen molar-refractivity contribution >= 4 is 11.6 Å². The number of aliphatic hydroxyl groups is 1. The van der Waals surface area contributed by atoms with E-state index >= 15 is 0 Å². The summed E-state index contributed by atoms with van der Waals surface area (Å²) in [6.07, 6.45) is 0.435. The van der Waals surface area contributed by atoms with Crippen LogP contribution in [-0.4, -0.2) is 17.6 Å². The highest BCUT2D eigenvalue weighted by Gasteiger charge is 2.18. The van der Waals surface area contributed by atoms with E-state index in [-0.39, 0.29) is 18.6 Å². The van der Waals surface area contributed by atoms with Crippen molar-refractivity contribution in [3.8, 4) is 0 Å². The van der Waals surface area contributed by atoms with Crippen LogP contribution in [0.3, 0.4) is 0 Å². The second-order valence-electron chi connectivity index (χ2n) is 3.43. The number of aliphatic hydroxyl groups excluding tert-OH is 1. The average molecular weight is 192 g/mol. The van der Waals surface area contributed by atoms with Gasteiger partial charge in [-0.15, -0.1) is 0 Å². The molecule has 4 N–H and O–H groups in total. The van der Waals surface area contributed by atoms with E-state index < -0.39 is 0 Å². The normalized spacial score (nSPS) is 16.3. The number of benzene rings is 1. The molecule has 1 aromatic rings. The number of fused-ring (bicyclic) bond motifs is 1. The summed E-state index contributed by atoms with van der Waals surface area (Å²) < 4.78 is 0. The van der Waals surface area contributed by atoms with Gasteiger partial charge in [0.05, 0.1) is 19.1 Å². The second kappa shape index (κ2) is 3.40. The summed E-state index contributed by atoms with van der Waals surface area (Å²) in [4.78, 5) is 11.1. The zero-order valence-corrected chi connectivity index (χ0v) is 7.66. The molecular formula is C10H12N2O2. The van der Waals surface area contributed by atoms with Gasteiger partial charge in [-0.25, -0.2) is 0 Å². The first kappa shape index (κ1) is 9.18. The van der Waals surface area contributed by atoms with Crippen LogP contribution < -0.4 is 11.1 Å². The molecular weight excluding hydrogens is 180 g/mol. The number of hydrogen-bond acceptors (Lipinski definition) is 3. The zero-order chi connectivity index (χ0) is 10.1. The summed E-state index contributed by atoms with van der Waals surface area (Å²) in [6.45, 7) is -0.0905. The van der Waals surface area contributed by atoms with Crippen molar-refractivity contribution in [2.24, 2.45) is 5.73 Å². The molecule has 4 nitrogen and oxygen atoms in total. The van der Waals surface area contributed by atoms with E-state index in [2.05, 4.69) is 5.32 Å². The predicted octanol–water partition coefficient (Wildman–Crippen LogP) is 0.173. The molecule has 1 aromatic carbocycles. The Morgan fingerprint density at radius 3 is 3.07 bits per heavy atom. The van der Waals surface area contributed by atoms with Gasteiger partial charge in [0, 0.05) is 5.69 Å². The second-order valence-corrected chi connectivity index (χ2v) is 3.43. The average Bonchev–Trinajstić information content (AvgIpc) is 2.55. The van der Waals surface area contributed by atoms with Crippen LogP contribution in [0.25, 0.3) is 0 Å². The predicted molar refractivity (Wildman–Crippen MR) is 52.8 cm³/mol. The summed E-state index contributed by atoms with van der Waals surface area (Å²) in [5.74, 6) is 0.00900. The molecule has 2 rings (SSSR count). The van der Waals surface area contributed by atoms with Crippen molar-refractivity contribution in [1.29, 1.82) is 0 Å². The molecule has 1 atom stereocenters. The molecule has 0 aliphatic carbocycles. The molecule has 0 unspecified atom stereocenters. The monoisotopic (exact) mass is 192 g/mol. The van der Waals surface area contributed by atoms with E-state index in [1.54, 1.807) is 0 Å². The van der Waals surface area contributed by atoms with Crippen LogP contribution in [0.2, 0.25) is 0 Å². The Balaban J connectivity index is 2.32. The lowest BCUT2D eigenvalue weighted by atomic mass is 10.0. The third-order valence-corrected chi connectivity index (χ3v) is 2.38. The highest BCUT2D eigenvalue weighted by molar-refractivity contribution is 5.99. The molecule has 0 aromatic heterocycles. The molecule has 0 radical (unpaired) electrons. The largest absolute Gasteiger partial charge is 0.394 e. The molecule has 1 amide bonds. The lowest BCUT2D eigenvalue weighted by Gasteiger charge is -2.09. The van der Waals surface area contributed by atoms with Crippen molar-refractivity contribution in [3.63, 3.8) is 0 Å². The number of hydrogen-bond donors (Lipinski definition) is 3. The van der Waals surface area contributed by atoms with E-state index in [9.17, 15) is 4.79 Å². The van der Waals surface area contributed by atoms with Crippen LogP contribution >= 0.6 is 0 Å². The number of amides is 1. The number of rotatable bonds is 2. The fraction of sp³-hybridized carbons (Fsp3) is 0.300. The summed E-state index contributed by atoms with van der Waals surface area (Å²) in [6, 6.07) is 5.16. The number of carbonyl (C=O) groups excluding carboxylic acids is 1. The lowest BCUT2D eigenvalue weighted by Crippen LogP contribution is -2.14. The molecule has 1 aliphatic heterocycles. The van der Waals surface area contributed by atoms with E-state index in [4.69, 9.17) is 10.8 Å². The molecule has 0 fully saturated rings. The molecule has 4 heteroatoms. The van der Waals surface area contributed by atoms with Crippen molar-refractivity contribution < 1.29 is 9.90 Å². The molecule has 74 valence electrons. The lowest BCUT2D eigenvalue weighted by molar-refractivity contribution is -0.115. The number of nitrogens with two attached hydrogens (primary N) is 1. The third-order valence-electron chi connectivity index (χ3n) is 2.38. The molecule has 1 aliphatic rings. The standard InChI is InChI=1S/C10H12N2O2/c11-8(5-13)6-1-2-7-4-10(14)12-9(7)3-6/h1-3,8,13H,4-5,11H2,(H,12,14)/t8-/m0/s1. The summed E-state index contributed by atoms with van der Waals surface area (Å²) in [5, 5.41) is 11.6. The van der Waals surface area contributed by atoms with Crippen LogP contribution in [0.4, 0.5) is 5.69 Å². The van der Waals surface area contributed by atoms with Crippen LogP contribution in [-0.2, 0) is 11.2 Å². The highest BCUT2D eigenvalue weighted by Crippen LogP contribution is 2.25. The fourth-order valence-corrected chi connectivity index (χ4v) is 1.57. The minimum absolute atomic E-state index is 0.00900. The van der Waals surface area contributed by atoms with E-state index in [1.165, 1.54) is 0 Å². The van der Waals surface area contributed by atoms with Gasteiger partial charge in [-0.2, -0.15) is 0 Å². The molecule has 0 saturated heterocycles. The first-order valence-electron chi connectivity index (χ1n) is 4.50. The van der Waals surface area contributed by atoms with Gasteiger partial charge in [0.1, 0.15) is 0 Å². The molecule has 0 spiro atoms. The zero-order valence-electron chi connectivity index (χ0n) is 7.66. The number of carbonyl (C=O) groups is 1.